The van der Waals surface area contributed by atoms with Gasteiger partial charge in [-0.3, -0.25) is 0 Å². The highest BCUT2D eigenvalue weighted by atomic mass is 35.5. The monoisotopic (exact) mass is 257 g/mol. The highest BCUT2D eigenvalue weighted by Gasteiger charge is 2.15. The quantitative estimate of drug-likeness (QED) is 0.899. The van der Waals surface area contributed by atoms with Crippen molar-refractivity contribution < 1.29 is 5.11 Å². The number of aliphatic hydroxyl groups excluding tert-OH is 1. The molecule has 84 valence electrons. The van der Waals surface area contributed by atoms with Gasteiger partial charge in [-0.25, -0.2) is 4.68 Å². The number of aryl methyl sites for hydroxylation is 1. The molecular formula is C10H9Cl2N3O. The lowest BCUT2D eigenvalue weighted by molar-refractivity contribution is 0.272. The molecule has 6 heteroatoms. The number of benzene rings is 1. The first-order chi connectivity index (χ1) is 7.65. The SMILES string of the molecule is Cc1nnn(-c2c(Cl)cccc2Cl)c1CO. The second-order valence-corrected chi connectivity index (χ2v) is 4.08. The van der Waals surface area contributed by atoms with Gasteiger partial charge in [0.25, 0.3) is 0 Å². The van der Waals surface area contributed by atoms with Crippen LogP contribution in [0, 0.1) is 6.92 Å². The van der Waals surface area contributed by atoms with Crippen LogP contribution in [0.1, 0.15) is 11.4 Å². The molecule has 1 aromatic carbocycles. The number of rotatable bonds is 2. The van der Waals surface area contributed by atoms with E-state index < -0.39 is 0 Å². The van der Waals surface area contributed by atoms with E-state index in [0.29, 0.717) is 27.1 Å². The summed E-state index contributed by atoms with van der Waals surface area (Å²) in [6.07, 6.45) is 0. The Morgan fingerprint density at radius 2 is 1.94 bits per heavy atom. The van der Waals surface area contributed by atoms with Gasteiger partial charge in [-0.05, 0) is 19.1 Å². The van der Waals surface area contributed by atoms with E-state index in [4.69, 9.17) is 23.2 Å². The van der Waals surface area contributed by atoms with Gasteiger partial charge in [-0.2, -0.15) is 0 Å². The van der Waals surface area contributed by atoms with E-state index in [2.05, 4.69) is 10.3 Å². The summed E-state index contributed by atoms with van der Waals surface area (Å²) in [5, 5.41) is 18.0. The Labute approximate surface area is 102 Å². The van der Waals surface area contributed by atoms with Gasteiger partial charge in [0.2, 0.25) is 0 Å². The fourth-order valence-electron chi connectivity index (χ4n) is 1.43. The molecule has 1 heterocycles. The number of aromatic nitrogens is 3. The molecule has 0 fully saturated rings. The van der Waals surface area contributed by atoms with E-state index >= 15 is 0 Å². The molecule has 0 saturated carbocycles. The van der Waals surface area contributed by atoms with Crippen molar-refractivity contribution in [1.29, 1.82) is 0 Å². The molecule has 0 atom stereocenters. The third kappa shape index (κ3) is 1.80. The molecule has 0 bridgehead atoms. The fraction of sp³-hybridized carbons (Fsp3) is 0.200. The smallest absolute Gasteiger partial charge is 0.104 e. The molecule has 0 radical (unpaired) electrons. The molecule has 0 spiro atoms. The second-order valence-electron chi connectivity index (χ2n) is 3.26. The molecule has 16 heavy (non-hydrogen) atoms. The molecule has 2 rings (SSSR count). The van der Waals surface area contributed by atoms with Crippen molar-refractivity contribution in [3.63, 3.8) is 0 Å². The summed E-state index contributed by atoms with van der Waals surface area (Å²) in [5.74, 6) is 0. The lowest BCUT2D eigenvalue weighted by atomic mass is 10.3. The van der Waals surface area contributed by atoms with E-state index in [0.717, 1.165) is 0 Å². The minimum absolute atomic E-state index is 0.166. The van der Waals surface area contributed by atoms with Crippen LogP contribution in [0.3, 0.4) is 0 Å². The first kappa shape index (κ1) is 11.4. The van der Waals surface area contributed by atoms with Gasteiger partial charge in [0.15, 0.2) is 0 Å². The first-order valence-electron chi connectivity index (χ1n) is 4.61. The lowest BCUT2D eigenvalue weighted by Gasteiger charge is -2.08. The Balaban J connectivity index is 2.67. The highest BCUT2D eigenvalue weighted by molar-refractivity contribution is 6.37. The Kier molecular flexibility index (Phi) is 3.14. The number of halogens is 2. The number of aliphatic hydroxyl groups is 1. The molecule has 2 aromatic rings. The normalized spacial score (nSPS) is 10.8. The summed E-state index contributed by atoms with van der Waals surface area (Å²) in [5.41, 5.74) is 1.77. The lowest BCUT2D eigenvalue weighted by Crippen LogP contribution is -2.04. The van der Waals surface area contributed by atoms with E-state index in [-0.39, 0.29) is 6.61 Å². The van der Waals surface area contributed by atoms with Crippen molar-refractivity contribution in [3.8, 4) is 5.69 Å². The maximum Gasteiger partial charge on any atom is 0.104 e. The predicted octanol–water partition coefficient (Wildman–Crippen LogP) is 2.37. The number of para-hydroxylation sites is 1. The van der Waals surface area contributed by atoms with E-state index in [1.807, 2.05) is 0 Å². The van der Waals surface area contributed by atoms with E-state index in [1.165, 1.54) is 4.68 Å². The van der Waals surface area contributed by atoms with Crippen molar-refractivity contribution in [2.45, 2.75) is 13.5 Å². The van der Waals surface area contributed by atoms with E-state index in [9.17, 15) is 5.11 Å². The molecule has 0 aliphatic carbocycles. The standard InChI is InChI=1S/C10H9Cl2N3O/c1-6-9(5-16)15(14-13-6)10-7(11)3-2-4-8(10)12/h2-4,16H,5H2,1H3. The van der Waals surface area contributed by atoms with Gasteiger partial charge in [0.1, 0.15) is 5.69 Å². The minimum atomic E-state index is -0.166. The van der Waals surface area contributed by atoms with Crippen LogP contribution in [-0.2, 0) is 6.61 Å². The fourth-order valence-corrected chi connectivity index (χ4v) is 1.99. The molecule has 0 unspecified atom stereocenters. The van der Waals surface area contributed by atoms with Crippen molar-refractivity contribution in [2.75, 3.05) is 0 Å². The summed E-state index contributed by atoms with van der Waals surface area (Å²) in [6.45, 7) is 1.60. The molecular weight excluding hydrogens is 249 g/mol. The third-order valence-corrected chi connectivity index (χ3v) is 2.87. The van der Waals surface area contributed by atoms with Crippen LogP contribution in [0.5, 0.6) is 0 Å². The summed E-state index contributed by atoms with van der Waals surface area (Å²) in [4.78, 5) is 0. The van der Waals surface area contributed by atoms with Crippen LogP contribution >= 0.6 is 23.2 Å². The van der Waals surface area contributed by atoms with Crippen LogP contribution in [0.2, 0.25) is 10.0 Å². The first-order valence-corrected chi connectivity index (χ1v) is 5.37. The number of hydrogen-bond donors (Lipinski definition) is 1. The number of hydrogen-bond acceptors (Lipinski definition) is 3. The highest BCUT2D eigenvalue weighted by Crippen LogP contribution is 2.28. The zero-order chi connectivity index (χ0) is 11.7. The molecule has 1 aromatic heterocycles. The zero-order valence-corrected chi connectivity index (χ0v) is 10.00. The van der Waals surface area contributed by atoms with E-state index in [1.54, 1.807) is 25.1 Å². The zero-order valence-electron chi connectivity index (χ0n) is 8.48. The van der Waals surface area contributed by atoms with Gasteiger partial charge in [-0.15, -0.1) is 5.10 Å². The van der Waals surface area contributed by atoms with Crippen LogP contribution in [0.25, 0.3) is 5.69 Å². The Hall–Kier alpha value is -1.10. The Bertz CT molecular complexity index is 505. The van der Waals surface area contributed by atoms with Gasteiger partial charge in [0.05, 0.1) is 28.0 Å². The maximum absolute atomic E-state index is 9.24. The average molecular weight is 258 g/mol. The number of nitrogens with zero attached hydrogens (tertiary/aromatic N) is 3. The Morgan fingerprint density at radius 1 is 1.31 bits per heavy atom. The summed E-state index contributed by atoms with van der Waals surface area (Å²) in [7, 11) is 0. The van der Waals surface area contributed by atoms with Crippen molar-refractivity contribution in [1.82, 2.24) is 15.0 Å². The molecule has 4 nitrogen and oxygen atoms in total. The molecule has 0 saturated heterocycles. The third-order valence-electron chi connectivity index (χ3n) is 2.26. The maximum atomic E-state index is 9.24. The van der Waals surface area contributed by atoms with Crippen LogP contribution in [0.15, 0.2) is 18.2 Å². The molecule has 0 aliphatic heterocycles. The molecule has 0 amide bonds. The van der Waals surface area contributed by atoms with Crippen LogP contribution in [0.4, 0.5) is 0 Å². The van der Waals surface area contributed by atoms with Crippen molar-refractivity contribution in [3.05, 3.63) is 39.6 Å². The average Bonchev–Trinajstić information content (AvgIpc) is 2.59. The second kappa shape index (κ2) is 4.41. The van der Waals surface area contributed by atoms with Gasteiger partial charge in [-0.1, -0.05) is 34.5 Å². The summed E-state index contributed by atoms with van der Waals surface area (Å²) < 4.78 is 1.46. The summed E-state index contributed by atoms with van der Waals surface area (Å²) >= 11 is 12.1. The summed E-state index contributed by atoms with van der Waals surface area (Å²) in [6, 6.07) is 5.17. The van der Waals surface area contributed by atoms with Gasteiger partial charge in [0, 0.05) is 0 Å². The minimum Gasteiger partial charge on any atom is -0.390 e. The largest absolute Gasteiger partial charge is 0.390 e. The van der Waals surface area contributed by atoms with Crippen molar-refractivity contribution in [2.24, 2.45) is 0 Å². The topological polar surface area (TPSA) is 50.9 Å². The van der Waals surface area contributed by atoms with Crippen molar-refractivity contribution >= 4 is 23.2 Å². The predicted molar refractivity (Wildman–Crippen MR) is 62.0 cm³/mol. The van der Waals surface area contributed by atoms with Crippen LogP contribution in [-0.4, -0.2) is 20.1 Å². The Morgan fingerprint density at radius 3 is 2.50 bits per heavy atom. The van der Waals surface area contributed by atoms with Crippen LogP contribution < -0.4 is 0 Å². The molecule has 0 aliphatic rings. The van der Waals surface area contributed by atoms with Gasteiger partial charge >= 0.3 is 0 Å². The van der Waals surface area contributed by atoms with Gasteiger partial charge < -0.3 is 5.11 Å². The molecule has 1 N–H and O–H groups in total.